The van der Waals surface area contributed by atoms with Gasteiger partial charge in [0.25, 0.3) is 0 Å². The number of hydrogen-bond acceptors (Lipinski definition) is 6. The molecule has 8 heteroatoms. The molecule has 0 atom stereocenters. The summed E-state index contributed by atoms with van der Waals surface area (Å²) in [6, 6.07) is 3.77. The Hall–Kier alpha value is -1.85. The summed E-state index contributed by atoms with van der Waals surface area (Å²) in [7, 11) is 0. The first-order valence-corrected chi connectivity index (χ1v) is 9.92. The molecular formula is C16H19N5OS2. The molecule has 126 valence electrons. The maximum atomic E-state index is 12.1. The lowest BCUT2D eigenvalue weighted by molar-refractivity contribution is -0.113. The summed E-state index contributed by atoms with van der Waals surface area (Å²) in [6.07, 6.45) is 4.87. The van der Waals surface area contributed by atoms with E-state index < -0.39 is 0 Å². The van der Waals surface area contributed by atoms with Gasteiger partial charge in [0.15, 0.2) is 5.16 Å². The molecule has 0 unspecified atom stereocenters. The number of aromatic nitrogens is 3. The van der Waals surface area contributed by atoms with Gasteiger partial charge in [-0.25, -0.2) is 0 Å². The summed E-state index contributed by atoms with van der Waals surface area (Å²) in [4.78, 5) is 12.1. The monoisotopic (exact) mass is 361 g/mol. The van der Waals surface area contributed by atoms with E-state index in [0.29, 0.717) is 16.5 Å². The number of anilines is 1. The van der Waals surface area contributed by atoms with Crippen LogP contribution in [0.15, 0.2) is 16.6 Å². The Balaban J connectivity index is 1.62. The summed E-state index contributed by atoms with van der Waals surface area (Å²) in [5.74, 6) is 1.69. The Morgan fingerprint density at radius 2 is 2.29 bits per heavy atom. The fraction of sp³-hybridized carbons (Fsp3) is 0.500. The van der Waals surface area contributed by atoms with Crippen LogP contribution < -0.4 is 5.32 Å². The number of rotatable bonds is 6. The molecule has 2 aromatic rings. The Morgan fingerprint density at radius 3 is 3.00 bits per heavy atom. The molecule has 0 aliphatic heterocycles. The summed E-state index contributed by atoms with van der Waals surface area (Å²) >= 11 is 2.75. The molecule has 1 aliphatic rings. The van der Waals surface area contributed by atoms with Crippen LogP contribution in [0, 0.1) is 11.3 Å². The van der Waals surface area contributed by atoms with Gasteiger partial charge in [-0.2, -0.15) is 5.26 Å². The van der Waals surface area contributed by atoms with Gasteiger partial charge in [-0.05, 0) is 31.2 Å². The largest absolute Gasteiger partial charge is 0.316 e. The van der Waals surface area contributed by atoms with E-state index in [1.165, 1.54) is 48.8 Å². The molecule has 1 fully saturated rings. The minimum absolute atomic E-state index is 0.132. The number of thioether (sulfide) groups is 1. The SMILES string of the molecule is CCn1c(SCC(=O)Nc2sccc2C#N)nnc1C1CCCC1. The molecule has 0 saturated heterocycles. The second kappa shape index (κ2) is 7.81. The predicted octanol–water partition coefficient (Wildman–Crippen LogP) is 3.62. The minimum Gasteiger partial charge on any atom is -0.316 e. The first kappa shape index (κ1) is 17.0. The van der Waals surface area contributed by atoms with Gasteiger partial charge >= 0.3 is 0 Å². The normalized spacial score (nSPS) is 14.7. The van der Waals surface area contributed by atoms with Crippen molar-refractivity contribution >= 4 is 34.0 Å². The third-order valence-electron chi connectivity index (χ3n) is 4.15. The van der Waals surface area contributed by atoms with Crippen molar-refractivity contribution in [2.24, 2.45) is 0 Å². The first-order valence-electron chi connectivity index (χ1n) is 8.06. The highest BCUT2D eigenvalue weighted by Gasteiger charge is 2.24. The minimum atomic E-state index is -0.132. The fourth-order valence-electron chi connectivity index (χ4n) is 2.98. The highest BCUT2D eigenvalue weighted by molar-refractivity contribution is 7.99. The van der Waals surface area contributed by atoms with Crippen LogP contribution in [0.1, 0.15) is 49.9 Å². The molecular weight excluding hydrogens is 342 g/mol. The molecule has 2 aromatic heterocycles. The maximum Gasteiger partial charge on any atom is 0.235 e. The van der Waals surface area contributed by atoms with Gasteiger partial charge in [0.1, 0.15) is 16.9 Å². The number of carbonyl (C=O) groups excluding carboxylic acids is 1. The molecule has 0 bridgehead atoms. The van der Waals surface area contributed by atoms with Crippen molar-refractivity contribution in [2.75, 3.05) is 11.1 Å². The van der Waals surface area contributed by atoms with Crippen LogP contribution in [0.2, 0.25) is 0 Å². The van der Waals surface area contributed by atoms with Gasteiger partial charge < -0.3 is 9.88 Å². The Bertz CT molecular complexity index is 755. The van der Waals surface area contributed by atoms with Gasteiger partial charge in [0.2, 0.25) is 5.91 Å². The number of nitrogens with zero attached hydrogens (tertiary/aromatic N) is 4. The molecule has 0 radical (unpaired) electrons. The zero-order valence-corrected chi connectivity index (χ0v) is 15.1. The number of nitrogens with one attached hydrogen (secondary N) is 1. The predicted molar refractivity (Wildman–Crippen MR) is 95.3 cm³/mol. The number of nitriles is 1. The van der Waals surface area contributed by atoms with Gasteiger partial charge in [-0.1, -0.05) is 24.6 Å². The third-order valence-corrected chi connectivity index (χ3v) is 5.95. The van der Waals surface area contributed by atoms with Crippen molar-refractivity contribution in [3.63, 3.8) is 0 Å². The second-order valence-electron chi connectivity index (χ2n) is 5.68. The van der Waals surface area contributed by atoms with Crippen LogP contribution in [-0.4, -0.2) is 26.4 Å². The zero-order chi connectivity index (χ0) is 16.9. The summed E-state index contributed by atoms with van der Waals surface area (Å²) < 4.78 is 2.12. The number of hydrogen-bond donors (Lipinski definition) is 1. The maximum absolute atomic E-state index is 12.1. The second-order valence-corrected chi connectivity index (χ2v) is 7.54. The average Bonchev–Trinajstić information content (AvgIpc) is 3.32. The van der Waals surface area contributed by atoms with E-state index in [4.69, 9.17) is 5.26 Å². The number of carbonyl (C=O) groups is 1. The van der Waals surface area contributed by atoms with E-state index in [-0.39, 0.29) is 11.7 Å². The Labute approximate surface area is 149 Å². The van der Waals surface area contributed by atoms with E-state index >= 15 is 0 Å². The molecule has 1 aliphatic carbocycles. The lowest BCUT2D eigenvalue weighted by atomic mass is 10.1. The van der Waals surface area contributed by atoms with E-state index in [0.717, 1.165) is 17.5 Å². The number of amides is 1. The number of thiophene rings is 1. The average molecular weight is 361 g/mol. The van der Waals surface area contributed by atoms with E-state index in [2.05, 4.69) is 33.1 Å². The molecule has 0 spiro atoms. The molecule has 24 heavy (non-hydrogen) atoms. The molecule has 1 amide bonds. The smallest absolute Gasteiger partial charge is 0.235 e. The van der Waals surface area contributed by atoms with Crippen LogP contribution in [-0.2, 0) is 11.3 Å². The zero-order valence-electron chi connectivity index (χ0n) is 13.5. The van der Waals surface area contributed by atoms with E-state index in [1.54, 1.807) is 11.4 Å². The molecule has 1 saturated carbocycles. The van der Waals surface area contributed by atoms with Crippen molar-refractivity contribution < 1.29 is 4.79 Å². The first-order chi connectivity index (χ1) is 11.7. The van der Waals surface area contributed by atoms with Crippen molar-refractivity contribution in [1.82, 2.24) is 14.8 Å². The van der Waals surface area contributed by atoms with Gasteiger partial charge in [-0.15, -0.1) is 21.5 Å². The van der Waals surface area contributed by atoms with E-state index in [9.17, 15) is 4.79 Å². The van der Waals surface area contributed by atoms with Gasteiger partial charge in [-0.3, -0.25) is 4.79 Å². The Kier molecular flexibility index (Phi) is 5.53. The van der Waals surface area contributed by atoms with Crippen molar-refractivity contribution in [1.29, 1.82) is 5.26 Å². The van der Waals surface area contributed by atoms with Gasteiger partial charge in [0, 0.05) is 12.5 Å². The van der Waals surface area contributed by atoms with Crippen LogP contribution in [0.5, 0.6) is 0 Å². The van der Waals surface area contributed by atoms with Gasteiger partial charge in [0.05, 0.1) is 11.3 Å². The Morgan fingerprint density at radius 1 is 1.50 bits per heavy atom. The topological polar surface area (TPSA) is 83.6 Å². The molecule has 1 N–H and O–H groups in total. The molecule has 6 nitrogen and oxygen atoms in total. The highest BCUT2D eigenvalue weighted by atomic mass is 32.2. The molecule has 2 heterocycles. The van der Waals surface area contributed by atoms with Crippen LogP contribution >= 0.6 is 23.1 Å². The highest BCUT2D eigenvalue weighted by Crippen LogP contribution is 2.34. The van der Waals surface area contributed by atoms with E-state index in [1.807, 2.05) is 0 Å². The lowest BCUT2D eigenvalue weighted by Crippen LogP contribution is -2.14. The quantitative estimate of drug-likeness (QED) is 0.795. The summed E-state index contributed by atoms with van der Waals surface area (Å²) in [5, 5.41) is 23.6. The van der Waals surface area contributed by atoms with Crippen LogP contribution in [0.25, 0.3) is 0 Å². The summed E-state index contributed by atoms with van der Waals surface area (Å²) in [5.41, 5.74) is 0.499. The molecule has 3 rings (SSSR count). The third kappa shape index (κ3) is 3.62. The fourth-order valence-corrected chi connectivity index (χ4v) is 4.54. The lowest BCUT2D eigenvalue weighted by Gasteiger charge is -2.11. The van der Waals surface area contributed by atoms with Crippen molar-refractivity contribution in [3.8, 4) is 6.07 Å². The molecule has 0 aromatic carbocycles. The van der Waals surface area contributed by atoms with Crippen LogP contribution in [0.4, 0.5) is 5.00 Å². The van der Waals surface area contributed by atoms with Crippen molar-refractivity contribution in [3.05, 3.63) is 22.8 Å². The van der Waals surface area contributed by atoms with Crippen LogP contribution in [0.3, 0.4) is 0 Å². The summed E-state index contributed by atoms with van der Waals surface area (Å²) in [6.45, 7) is 2.89. The standard InChI is InChI=1S/C16H19N5OS2/c1-2-21-14(11-5-3-4-6-11)19-20-16(21)24-10-13(22)18-15-12(9-17)7-8-23-15/h7-8,11H,2-6,10H2,1H3,(H,18,22). The van der Waals surface area contributed by atoms with Crippen molar-refractivity contribution in [2.45, 2.75) is 50.2 Å².